The van der Waals surface area contributed by atoms with Crippen LogP contribution in [0.2, 0.25) is 0 Å². The number of rotatable bonds is 8. The first-order valence-corrected chi connectivity index (χ1v) is 12.1. The summed E-state index contributed by atoms with van der Waals surface area (Å²) in [4.78, 5) is 0. The van der Waals surface area contributed by atoms with Gasteiger partial charge in [-0.15, -0.1) is 0 Å². The fraction of sp³-hybridized carbons (Fsp3) is 0.357. The molecule has 0 bridgehead atoms. The molecule has 0 aromatic heterocycles. The van der Waals surface area contributed by atoms with Gasteiger partial charge in [0.2, 0.25) is 0 Å². The van der Waals surface area contributed by atoms with E-state index in [-0.39, 0.29) is 17.0 Å². The topological polar surface area (TPSA) is 18.5 Å². The summed E-state index contributed by atoms with van der Waals surface area (Å²) < 4.78 is 122. The second-order valence-electron chi connectivity index (χ2n) is 9.25. The molecule has 0 heterocycles. The highest BCUT2D eigenvalue weighted by Gasteiger charge is 2.42. The molecule has 0 radical (unpaired) electrons. The Hall–Kier alpha value is -3.30. The SMILES string of the molecule is CC[C@H]1CC[C@H](c2cc(F)c(C(F)(F)Oc3ccccc3-c3cc(F)c(OC(F)F)c(F)c3)c(F)c2)CC1. The second-order valence-corrected chi connectivity index (χ2v) is 9.25. The van der Waals surface area contributed by atoms with E-state index in [9.17, 15) is 26.3 Å². The number of halogens is 8. The molecule has 204 valence electrons. The lowest BCUT2D eigenvalue weighted by molar-refractivity contribution is -0.189. The Kier molecular flexibility index (Phi) is 8.18. The summed E-state index contributed by atoms with van der Waals surface area (Å²) in [5.41, 5.74) is -1.94. The standard InChI is InChI=1S/C28H24F8O2/c1-2-15-7-9-16(10-8-15)17-11-20(29)25(21(30)12-17)28(35,36)38-24-6-4-3-5-19(24)18-13-22(31)26(23(32)14-18)37-27(33)34/h3-6,11-16,27H,2,7-10H2,1H3/t15-,16-. The van der Waals surface area contributed by atoms with E-state index in [2.05, 4.69) is 11.7 Å². The zero-order chi connectivity index (χ0) is 27.6. The highest BCUT2D eigenvalue weighted by molar-refractivity contribution is 5.71. The maximum Gasteiger partial charge on any atom is 0.432 e. The van der Waals surface area contributed by atoms with E-state index in [0.717, 1.165) is 43.5 Å². The van der Waals surface area contributed by atoms with Crippen LogP contribution < -0.4 is 9.47 Å². The van der Waals surface area contributed by atoms with Crippen molar-refractivity contribution in [3.05, 3.63) is 82.9 Å². The van der Waals surface area contributed by atoms with Crippen molar-refractivity contribution in [1.29, 1.82) is 0 Å². The minimum atomic E-state index is -4.50. The molecule has 1 aliphatic carbocycles. The quantitative estimate of drug-likeness (QED) is 0.263. The van der Waals surface area contributed by atoms with Crippen molar-refractivity contribution in [3.8, 4) is 22.6 Å². The van der Waals surface area contributed by atoms with E-state index in [0.29, 0.717) is 36.5 Å². The molecular weight excluding hydrogens is 520 g/mol. The van der Waals surface area contributed by atoms with Crippen molar-refractivity contribution in [3.63, 3.8) is 0 Å². The Bertz CT molecular complexity index is 1240. The van der Waals surface area contributed by atoms with Crippen LogP contribution in [-0.4, -0.2) is 6.61 Å². The van der Waals surface area contributed by atoms with Crippen LogP contribution in [-0.2, 0) is 6.11 Å². The zero-order valence-corrected chi connectivity index (χ0v) is 20.2. The van der Waals surface area contributed by atoms with Gasteiger partial charge in [-0.1, -0.05) is 31.5 Å². The largest absolute Gasteiger partial charge is 0.432 e. The van der Waals surface area contributed by atoms with Crippen molar-refractivity contribution < 1.29 is 44.6 Å². The first-order chi connectivity index (χ1) is 18.0. The van der Waals surface area contributed by atoms with E-state index < -0.39 is 53.1 Å². The summed E-state index contributed by atoms with van der Waals surface area (Å²) in [6.07, 6.45) is -0.321. The number of alkyl halides is 4. The molecule has 0 amide bonds. The van der Waals surface area contributed by atoms with Crippen LogP contribution in [0.3, 0.4) is 0 Å². The fourth-order valence-corrected chi connectivity index (χ4v) is 4.91. The van der Waals surface area contributed by atoms with Gasteiger partial charge in [-0.05, 0) is 79.0 Å². The minimum absolute atomic E-state index is 0.145. The molecule has 0 spiro atoms. The Balaban J connectivity index is 1.63. The normalized spacial score (nSPS) is 18.1. The Morgan fingerprint density at radius 1 is 0.842 bits per heavy atom. The van der Waals surface area contributed by atoms with Crippen molar-refractivity contribution in [1.82, 2.24) is 0 Å². The van der Waals surface area contributed by atoms with Gasteiger partial charge in [0, 0.05) is 5.56 Å². The van der Waals surface area contributed by atoms with Crippen molar-refractivity contribution in [2.75, 3.05) is 0 Å². The number of para-hydroxylation sites is 1. The van der Waals surface area contributed by atoms with Gasteiger partial charge in [0.15, 0.2) is 17.4 Å². The molecule has 3 aromatic rings. The monoisotopic (exact) mass is 544 g/mol. The number of hydrogen-bond donors (Lipinski definition) is 0. The number of ether oxygens (including phenoxy) is 2. The molecule has 2 nitrogen and oxygen atoms in total. The number of benzene rings is 3. The average molecular weight is 544 g/mol. The van der Waals surface area contributed by atoms with E-state index in [1.807, 2.05) is 0 Å². The summed E-state index contributed by atoms with van der Waals surface area (Å²) in [6, 6.07) is 7.74. The smallest absolute Gasteiger partial charge is 0.429 e. The summed E-state index contributed by atoms with van der Waals surface area (Å²) in [5, 5.41) is 0. The molecule has 10 heteroatoms. The first-order valence-electron chi connectivity index (χ1n) is 12.1. The van der Waals surface area contributed by atoms with Gasteiger partial charge in [-0.25, -0.2) is 17.6 Å². The van der Waals surface area contributed by atoms with Crippen LogP contribution >= 0.6 is 0 Å². The highest BCUT2D eigenvalue weighted by Crippen LogP contribution is 2.43. The predicted octanol–water partition coefficient (Wildman–Crippen LogP) is 9.32. The van der Waals surface area contributed by atoms with E-state index >= 15 is 8.78 Å². The second kappa shape index (κ2) is 11.2. The lowest BCUT2D eigenvalue weighted by Crippen LogP contribution is -2.26. The Labute approximate surface area is 214 Å². The van der Waals surface area contributed by atoms with E-state index in [4.69, 9.17) is 4.74 Å². The average Bonchev–Trinajstić information content (AvgIpc) is 2.85. The first kappa shape index (κ1) is 27.7. The van der Waals surface area contributed by atoms with Crippen LogP contribution in [0.25, 0.3) is 11.1 Å². The van der Waals surface area contributed by atoms with Gasteiger partial charge in [0.25, 0.3) is 0 Å². The molecule has 1 fully saturated rings. The maximum absolute atomic E-state index is 15.1. The maximum atomic E-state index is 15.1. The third-order valence-corrected chi connectivity index (χ3v) is 6.89. The van der Waals surface area contributed by atoms with Crippen LogP contribution in [0.5, 0.6) is 11.5 Å². The Morgan fingerprint density at radius 2 is 1.42 bits per heavy atom. The summed E-state index contributed by atoms with van der Waals surface area (Å²) >= 11 is 0. The molecule has 0 atom stereocenters. The highest BCUT2D eigenvalue weighted by atomic mass is 19.3. The molecule has 3 aromatic carbocycles. The molecule has 38 heavy (non-hydrogen) atoms. The van der Waals surface area contributed by atoms with Crippen molar-refractivity contribution in [2.45, 2.75) is 57.7 Å². The zero-order valence-electron chi connectivity index (χ0n) is 20.2. The Morgan fingerprint density at radius 3 is 1.97 bits per heavy atom. The van der Waals surface area contributed by atoms with Gasteiger partial charge in [0.1, 0.15) is 22.9 Å². The van der Waals surface area contributed by atoms with Crippen LogP contribution in [0.1, 0.15) is 56.1 Å². The van der Waals surface area contributed by atoms with Gasteiger partial charge in [-0.3, -0.25) is 0 Å². The van der Waals surface area contributed by atoms with Gasteiger partial charge >= 0.3 is 12.7 Å². The van der Waals surface area contributed by atoms with Gasteiger partial charge in [-0.2, -0.15) is 17.6 Å². The van der Waals surface area contributed by atoms with Crippen LogP contribution in [0.4, 0.5) is 35.1 Å². The summed E-state index contributed by atoms with van der Waals surface area (Å²) in [5.74, 6) is -7.60. The molecule has 0 N–H and O–H groups in total. The summed E-state index contributed by atoms with van der Waals surface area (Å²) in [7, 11) is 0. The van der Waals surface area contributed by atoms with Gasteiger partial charge in [0.05, 0.1) is 0 Å². The molecular formula is C28H24F8O2. The van der Waals surface area contributed by atoms with Crippen molar-refractivity contribution in [2.24, 2.45) is 5.92 Å². The van der Waals surface area contributed by atoms with Crippen LogP contribution in [0.15, 0.2) is 48.5 Å². The summed E-state index contributed by atoms with van der Waals surface area (Å²) in [6.45, 7) is -1.43. The lowest BCUT2D eigenvalue weighted by Gasteiger charge is -2.28. The lowest BCUT2D eigenvalue weighted by atomic mass is 9.77. The number of hydrogen-bond acceptors (Lipinski definition) is 2. The van der Waals surface area contributed by atoms with E-state index in [1.165, 1.54) is 12.1 Å². The molecule has 4 rings (SSSR count). The molecule has 0 saturated heterocycles. The molecule has 1 aliphatic rings. The fourth-order valence-electron chi connectivity index (χ4n) is 4.91. The van der Waals surface area contributed by atoms with Crippen LogP contribution in [0, 0.1) is 29.2 Å². The minimum Gasteiger partial charge on any atom is -0.429 e. The van der Waals surface area contributed by atoms with Gasteiger partial charge < -0.3 is 9.47 Å². The van der Waals surface area contributed by atoms with Crippen molar-refractivity contribution >= 4 is 0 Å². The van der Waals surface area contributed by atoms with E-state index in [1.54, 1.807) is 0 Å². The molecule has 0 unspecified atom stereocenters. The third kappa shape index (κ3) is 5.89. The molecule has 0 aliphatic heterocycles. The predicted molar refractivity (Wildman–Crippen MR) is 124 cm³/mol. The third-order valence-electron chi connectivity index (χ3n) is 6.89. The molecule has 1 saturated carbocycles.